The van der Waals surface area contributed by atoms with E-state index in [0.717, 1.165) is 12.0 Å². The molecule has 0 fully saturated rings. The Bertz CT molecular complexity index is 379. The molecule has 114 valence electrons. The molecule has 20 heavy (non-hydrogen) atoms. The van der Waals surface area contributed by atoms with E-state index < -0.39 is 6.10 Å². The molecule has 0 radical (unpaired) electrons. The summed E-state index contributed by atoms with van der Waals surface area (Å²) in [5.41, 5.74) is 0.796. The Balaban J connectivity index is 2.36. The van der Waals surface area contributed by atoms with Crippen molar-refractivity contribution < 1.29 is 24.1 Å². The summed E-state index contributed by atoms with van der Waals surface area (Å²) in [6.07, 6.45) is 0.352. The first kappa shape index (κ1) is 16.8. The number of hydrogen-bond acceptors (Lipinski definition) is 5. The third kappa shape index (κ3) is 5.77. The van der Waals surface area contributed by atoms with Gasteiger partial charge in [0.25, 0.3) is 0 Å². The van der Waals surface area contributed by atoms with Crippen LogP contribution < -0.4 is 9.47 Å². The first-order valence-corrected chi connectivity index (χ1v) is 6.74. The first-order valence-electron chi connectivity index (χ1n) is 6.74. The number of benzene rings is 1. The van der Waals surface area contributed by atoms with Crippen LogP contribution in [0.5, 0.6) is 11.5 Å². The summed E-state index contributed by atoms with van der Waals surface area (Å²) in [5.74, 6) is 1.26. The zero-order valence-corrected chi connectivity index (χ0v) is 12.4. The zero-order valence-electron chi connectivity index (χ0n) is 12.4. The highest BCUT2D eigenvalue weighted by atomic mass is 16.5. The summed E-state index contributed by atoms with van der Waals surface area (Å²) < 4.78 is 21.2. The molecule has 0 unspecified atom stereocenters. The molecule has 1 aromatic carbocycles. The van der Waals surface area contributed by atoms with Crippen LogP contribution in [0.15, 0.2) is 18.2 Å². The van der Waals surface area contributed by atoms with Crippen molar-refractivity contribution in [1.82, 2.24) is 0 Å². The van der Waals surface area contributed by atoms with Gasteiger partial charge < -0.3 is 24.1 Å². The SMILES string of the molecule is COCCCOCCOc1ccc([C@H](C)O)cc1OC. The summed E-state index contributed by atoms with van der Waals surface area (Å²) in [6.45, 7) is 4.05. The summed E-state index contributed by atoms with van der Waals surface area (Å²) in [4.78, 5) is 0. The molecule has 0 aliphatic heterocycles. The number of aliphatic hydroxyl groups is 1. The Morgan fingerprint density at radius 3 is 2.50 bits per heavy atom. The average molecular weight is 284 g/mol. The van der Waals surface area contributed by atoms with Crippen molar-refractivity contribution in [3.8, 4) is 11.5 Å². The van der Waals surface area contributed by atoms with Gasteiger partial charge in [-0.15, -0.1) is 0 Å². The molecular formula is C15H24O5. The third-order valence-corrected chi connectivity index (χ3v) is 2.79. The van der Waals surface area contributed by atoms with Gasteiger partial charge in [-0.3, -0.25) is 0 Å². The van der Waals surface area contributed by atoms with Gasteiger partial charge in [0.1, 0.15) is 6.61 Å². The van der Waals surface area contributed by atoms with Gasteiger partial charge in [0.2, 0.25) is 0 Å². The number of hydrogen-bond donors (Lipinski definition) is 1. The lowest BCUT2D eigenvalue weighted by atomic mass is 10.1. The second-order valence-electron chi connectivity index (χ2n) is 4.39. The van der Waals surface area contributed by atoms with E-state index in [1.165, 1.54) is 0 Å². The Morgan fingerprint density at radius 1 is 1.05 bits per heavy atom. The minimum Gasteiger partial charge on any atom is -0.493 e. The fraction of sp³-hybridized carbons (Fsp3) is 0.600. The van der Waals surface area contributed by atoms with Crippen LogP contribution >= 0.6 is 0 Å². The van der Waals surface area contributed by atoms with E-state index in [9.17, 15) is 5.11 Å². The van der Waals surface area contributed by atoms with Crippen LogP contribution in [0, 0.1) is 0 Å². The summed E-state index contributed by atoms with van der Waals surface area (Å²) in [6, 6.07) is 5.40. The van der Waals surface area contributed by atoms with Gasteiger partial charge in [0.15, 0.2) is 11.5 Å². The van der Waals surface area contributed by atoms with E-state index in [-0.39, 0.29) is 0 Å². The van der Waals surface area contributed by atoms with Gasteiger partial charge >= 0.3 is 0 Å². The molecule has 5 nitrogen and oxygen atoms in total. The number of rotatable bonds is 10. The molecule has 1 aromatic rings. The largest absolute Gasteiger partial charge is 0.493 e. The number of aliphatic hydroxyl groups excluding tert-OH is 1. The van der Waals surface area contributed by atoms with Crippen LogP contribution in [0.2, 0.25) is 0 Å². The van der Waals surface area contributed by atoms with Crippen molar-refractivity contribution in [1.29, 1.82) is 0 Å². The van der Waals surface area contributed by atoms with Crippen LogP contribution in [0.3, 0.4) is 0 Å². The maximum atomic E-state index is 9.52. The van der Waals surface area contributed by atoms with Gasteiger partial charge in [-0.25, -0.2) is 0 Å². The highest BCUT2D eigenvalue weighted by Gasteiger charge is 2.08. The van der Waals surface area contributed by atoms with Crippen molar-refractivity contribution in [2.45, 2.75) is 19.4 Å². The molecule has 0 spiro atoms. The molecule has 0 aliphatic rings. The molecule has 0 heterocycles. The first-order chi connectivity index (χ1) is 9.69. The van der Waals surface area contributed by atoms with E-state index in [0.29, 0.717) is 37.9 Å². The van der Waals surface area contributed by atoms with E-state index in [4.69, 9.17) is 18.9 Å². The number of methoxy groups -OCH3 is 2. The average Bonchev–Trinajstić information content (AvgIpc) is 2.46. The third-order valence-electron chi connectivity index (χ3n) is 2.79. The van der Waals surface area contributed by atoms with Crippen molar-refractivity contribution in [3.05, 3.63) is 23.8 Å². The molecule has 0 aliphatic carbocycles. The van der Waals surface area contributed by atoms with Gasteiger partial charge in [-0.05, 0) is 31.0 Å². The van der Waals surface area contributed by atoms with E-state index >= 15 is 0 Å². The van der Waals surface area contributed by atoms with Crippen LogP contribution in [-0.2, 0) is 9.47 Å². The minimum atomic E-state index is -0.526. The number of ether oxygens (including phenoxy) is 4. The fourth-order valence-electron chi connectivity index (χ4n) is 1.68. The Labute approximate surface area is 120 Å². The van der Waals surface area contributed by atoms with E-state index in [1.54, 1.807) is 33.3 Å². The van der Waals surface area contributed by atoms with Crippen LogP contribution in [-0.4, -0.2) is 45.8 Å². The van der Waals surface area contributed by atoms with Gasteiger partial charge in [0.05, 0.1) is 19.8 Å². The van der Waals surface area contributed by atoms with Crippen molar-refractivity contribution in [2.75, 3.05) is 40.6 Å². The predicted molar refractivity (Wildman–Crippen MR) is 76.4 cm³/mol. The fourth-order valence-corrected chi connectivity index (χ4v) is 1.68. The molecule has 1 atom stereocenters. The highest BCUT2D eigenvalue weighted by molar-refractivity contribution is 5.43. The monoisotopic (exact) mass is 284 g/mol. The molecular weight excluding hydrogens is 260 g/mol. The van der Waals surface area contributed by atoms with Gasteiger partial charge in [-0.2, -0.15) is 0 Å². The lowest BCUT2D eigenvalue weighted by Crippen LogP contribution is -2.09. The molecule has 0 saturated heterocycles. The highest BCUT2D eigenvalue weighted by Crippen LogP contribution is 2.30. The van der Waals surface area contributed by atoms with Crippen LogP contribution in [0.25, 0.3) is 0 Å². The maximum absolute atomic E-state index is 9.52. The standard InChI is InChI=1S/C15H24O5/c1-12(16)13-5-6-14(15(11-13)18-3)20-10-9-19-8-4-7-17-2/h5-6,11-12,16H,4,7-10H2,1-3H3/t12-/m0/s1. The second-order valence-corrected chi connectivity index (χ2v) is 4.39. The molecule has 0 aromatic heterocycles. The Kier molecular flexibility index (Phi) is 8.02. The summed E-state index contributed by atoms with van der Waals surface area (Å²) in [7, 11) is 3.25. The molecule has 5 heteroatoms. The normalized spacial score (nSPS) is 12.2. The van der Waals surface area contributed by atoms with E-state index in [2.05, 4.69) is 0 Å². The van der Waals surface area contributed by atoms with Crippen LogP contribution in [0.1, 0.15) is 25.0 Å². The maximum Gasteiger partial charge on any atom is 0.161 e. The smallest absolute Gasteiger partial charge is 0.161 e. The van der Waals surface area contributed by atoms with Crippen molar-refractivity contribution in [2.24, 2.45) is 0 Å². The summed E-state index contributed by atoms with van der Waals surface area (Å²) in [5, 5.41) is 9.52. The minimum absolute atomic E-state index is 0.456. The van der Waals surface area contributed by atoms with Crippen molar-refractivity contribution >= 4 is 0 Å². The van der Waals surface area contributed by atoms with Gasteiger partial charge in [-0.1, -0.05) is 6.07 Å². The molecule has 1 rings (SSSR count). The van der Waals surface area contributed by atoms with Crippen molar-refractivity contribution in [3.63, 3.8) is 0 Å². The van der Waals surface area contributed by atoms with Gasteiger partial charge in [0, 0.05) is 20.3 Å². The topological polar surface area (TPSA) is 57.2 Å². The lowest BCUT2D eigenvalue weighted by molar-refractivity contribution is 0.0799. The predicted octanol–water partition coefficient (Wildman–Crippen LogP) is 2.18. The summed E-state index contributed by atoms with van der Waals surface area (Å²) >= 11 is 0. The van der Waals surface area contributed by atoms with Crippen LogP contribution in [0.4, 0.5) is 0 Å². The Morgan fingerprint density at radius 2 is 1.85 bits per heavy atom. The molecule has 1 N–H and O–H groups in total. The molecule has 0 amide bonds. The Hall–Kier alpha value is -1.30. The van der Waals surface area contributed by atoms with E-state index in [1.807, 2.05) is 6.07 Å². The zero-order chi connectivity index (χ0) is 14.8. The molecule has 0 saturated carbocycles. The second kappa shape index (κ2) is 9.58. The molecule has 0 bridgehead atoms. The quantitative estimate of drug-likeness (QED) is 0.667. The lowest BCUT2D eigenvalue weighted by Gasteiger charge is -2.13.